The molecule has 2 atom stereocenters. The second-order valence-corrected chi connectivity index (χ2v) is 5.71. The Morgan fingerprint density at radius 3 is 2.48 bits per heavy atom. The van der Waals surface area contributed by atoms with E-state index in [1.54, 1.807) is 4.90 Å². The maximum atomic E-state index is 12.3. The summed E-state index contributed by atoms with van der Waals surface area (Å²) in [6.07, 6.45) is 4.13. The molecule has 2 unspecified atom stereocenters. The fourth-order valence-corrected chi connectivity index (χ4v) is 3.21. The molecule has 6 heteroatoms. The number of nitrogens with one attached hydrogen (secondary N) is 1. The van der Waals surface area contributed by atoms with Crippen LogP contribution in [0.4, 0.5) is 4.79 Å². The van der Waals surface area contributed by atoms with Gasteiger partial charge in [-0.25, -0.2) is 4.79 Å². The lowest BCUT2D eigenvalue weighted by Crippen LogP contribution is -2.48. The van der Waals surface area contributed by atoms with Crippen molar-refractivity contribution in [3.8, 4) is 0 Å². The molecule has 0 aliphatic heterocycles. The largest absolute Gasteiger partial charge is 0.481 e. The molecule has 3 N–H and O–H groups in total. The molecule has 0 aromatic rings. The third-order valence-corrected chi connectivity index (χ3v) is 4.48. The smallest absolute Gasteiger partial charge is 0.317 e. The van der Waals surface area contributed by atoms with Gasteiger partial charge in [0.1, 0.15) is 0 Å². The van der Waals surface area contributed by atoms with Crippen LogP contribution in [-0.4, -0.2) is 52.9 Å². The van der Waals surface area contributed by atoms with Gasteiger partial charge in [0.05, 0.1) is 12.5 Å². The molecule has 1 fully saturated rings. The number of urea groups is 1. The molecule has 1 saturated carbocycles. The number of amides is 2. The minimum atomic E-state index is -0.765. The molecule has 0 saturated heterocycles. The highest BCUT2D eigenvalue weighted by atomic mass is 16.4. The topological polar surface area (TPSA) is 89.9 Å². The van der Waals surface area contributed by atoms with Crippen LogP contribution in [0.3, 0.4) is 0 Å². The van der Waals surface area contributed by atoms with Crippen molar-refractivity contribution < 1.29 is 19.8 Å². The van der Waals surface area contributed by atoms with Crippen molar-refractivity contribution in [3.63, 3.8) is 0 Å². The molecule has 0 aromatic carbocycles. The van der Waals surface area contributed by atoms with Gasteiger partial charge in [-0.2, -0.15) is 0 Å². The van der Waals surface area contributed by atoms with Crippen LogP contribution in [0.1, 0.15) is 46.0 Å². The zero-order valence-electron chi connectivity index (χ0n) is 13.0. The standard InChI is InChI=1S/C15H28N2O4/c1-3-12(4-2)17(8-9-18)15(21)16-10-11-6-5-7-13(11)14(19)20/h11-13,18H,3-10H2,1-2H3,(H,16,21)(H,19,20). The van der Waals surface area contributed by atoms with Crippen LogP contribution in [-0.2, 0) is 4.79 Å². The van der Waals surface area contributed by atoms with E-state index in [-0.39, 0.29) is 30.5 Å². The van der Waals surface area contributed by atoms with Crippen molar-refractivity contribution in [2.45, 2.75) is 52.0 Å². The van der Waals surface area contributed by atoms with Gasteiger partial charge in [-0.15, -0.1) is 0 Å². The number of carboxylic acid groups (broad SMARTS) is 1. The number of rotatable bonds is 8. The normalized spacial score (nSPS) is 21.5. The van der Waals surface area contributed by atoms with Crippen LogP contribution >= 0.6 is 0 Å². The SMILES string of the molecule is CCC(CC)N(CCO)C(=O)NCC1CCCC1C(=O)O. The van der Waals surface area contributed by atoms with Crippen LogP contribution in [0.15, 0.2) is 0 Å². The lowest BCUT2D eigenvalue weighted by atomic mass is 9.96. The third kappa shape index (κ3) is 4.88. The maximum Gasteiger partial charge on any atom is 0.317 e. The Balaban J connectivity index is 2.55. The van der Waals surface area contributed by atoms with E-state index in [1.807, 2.05) is 13.8 Å². The molecule has 0 aromatic heterocycles. The first-order chi connectivity index (χ1) is 10.0. The Hall–Kier alpha value is -1.30. The molecular formula is C15H28N2O4. The number of aliphatic hydroxyl groups is 1. The second-order valence-electron chi connectivity index (χ2n) is 5.71. The van der Waals surface area contributed by atoms with Crippen LogP contribution < -0.4 is 5.32 Å². The van der Waals surface area contributed by atoms with Gasteiger partial charge in [0, 0.05) is 19.1 Å². The summed E-state index contributed by atoms with van der Waals surface area (Å²) in [5.41, 5.74) is 0. The van der Waals surface area contributed by atoms with Gasteiger partial charge < -0.3 is 20.4 Å². The number of carbonyl (C=O) groups is 2. The first-order valence-electron chi connectivity index (χ1n) is 7.93. The van der Waals surface area contributed by atoms with Crippen molar-refractivity contribution in [1.29, 1.82) is 0 Å². The quantitative estimate of drug-likeness (QED) is 0.636. The zero-order valence-corrected chi connectivity index (χ0v) is 13.0. The predicted molar refractivity (Wildman–Crippen MR) is 80.0 cm³/mol. The maximum absolute atomic E-state index is 12.3. The summed E-state index contributed by atoms with van der Waals surface area (Å²) in [4.78, 5) is 25.1. The van der Waals surface area contributed by atoms with Gasteiger partial charge in [0.2, 0.25) is 0 Å². The van der Waals surface area contributed by atoms with Crippen LogP contribution in [0.5, 0.6) is 0 Å². The van der Waals surface area contributed by atoms with Gasteiger partial charge in [-0.05, 0) is 31.6 Å². The summed E-state index contributed by atoms with van der Waals surface area (Å²) >= 11 is 0. The number of nitrogens with zero attached hydrogens (tertiary/aromatic N) is 1. The van der Waals surface area contributed by atoms with Gasteiger partial charge in [0.15, 0.2) is 0 Å². The van der Waals surface area contributed by atoms with Crippen molar-refractivity contribution in [3.05, 3.63) is 0 Å². The molecule has 1 aliphatic carbocycles. The number of aliphatic hydroxyl groups excluding tert-OH is 1. The zero-order chi connectivity index (χ0) is 15.8. The lowest BCUT2D eigenvalue weighted by molar-refractivity contribution is -0.142. The summed E-state index contributed by atoms with van der Waals surface area (Å²) < 4.78 is 0. The summed E-state index contributed by atoms with van der Waals surface area (Å²) in [6.45, 7) is 4.68. The molecule has 21 heavy (non-hydrogen) atoms. The highest BCUT2D eigenvalue weighted by Gasteiger charge is 2.33. The predicted octanol–water partition coefficient (Wildman–Crippen LogP) is 1.68. The summed E-state index contributed by atoms with van der Waals surface area (Å²) in [6, 6.07) is -0.0928. The fraction of sp³-hybridized carbons (Fsp3) is 0.867. The molecule has 122 valence electrons. The van der Waals surface area contributed by atoms with Crippen LogP contribution in [0, 0.1) is 11.8 Å². The third-order valence-electron chi connectivity index (χ3n) is 4.48. The Bertz CT molecular complexity index is 345. The highest BCUT2D eigenvalue weighted by molar-refractivity contribution is 5.75. The molecule has 1 rings (SSSR count). The molecule has 1 aliphatic rings. The van der Waals surface area contributed by atoms with E-state index in [9.17, 15) is 9.59 Å². The molecule has 6 nitrogen and oxygen atoms in total. The number of hydrogen-bond acceptors (Lipinski definition) is 3. The van der Waals surface area contributed by atoms with Crippen molar-refractivity contribution >= 4 is 12.0 Å². The molecular weight excluding hydrogens is 272 g/mol. The average molecular weight is 300 g/mol. The summed E-state index contributed by atoms with van der Waals surface area (Å²) in [5.74, 6) is -1.09. The van der Waals surface area contributed by atoms with E-state index >= 15 is 0 Å². The fourth-order valence-electron chi connectivity index (χ4n) is 3.21. The van der Waals surface area contributed by atoms with Crippen molar-refractivity contribution in [1.82, 2.24) is 10.2 Å². The van der Waals surface area contributed by atoms with Gasteiger partial charge in [-0.3, -0.25) is 4.79 Å². The van der Waals surface area contributed by atoms with Gasteiger partial charge in [0.25, 0.3) is 0 Å². The Morgan fingerprint density at radius 2 is 1.95 bits per heavy atom. The van der Waals surface area contributed by atoms with Crippen LogP contribution in [0.25, 0.3) is 0 Å². The van der Waals surface area contributed by atoms with Gasteiger partial charge >= 0.3 is 12.0 Å². The highest BCUT2D eigenvalue weighted by Crippen LogP contribution is 2.31. The van der Waals surface area contributed by atoms with Gasteiger partial charge in [-0.1, -0.05) is 20.3 Å². The summed E-state index contributed by atoms with van der Waals surface area (Å²) in [5, 5.41) is 21.1. The number of hydrogen-bond donors (Lipinski definition) is 3. The first kappa shape index (κ1) is 17.8. The molecule has 0 spiro atoms. The second kappa shape index (κ2) is 8.87. The molecule has 2 amide bonds. The molecule has 0 bridgehead atoms. The Morgan fingerprint density at radius 1 is 1.29 bits per heavy atom. The average Bonchev–Trinajstić information content (AvgIpc) is 2.93. The Kier molecular flexibility index (Phi) is 7.50. The number of carboxylic acids is 1. The first-order valence-corrected chi connectivity index (χ1v) is 7.93. The van der Waals surface area contributed by atoms with Crippen molar-refractivity contribution in [2.75, 3.05) is 19.7 Å². The van der Waals surface area contributed by atoms with E-state index in [0.717, 1.165) is 25.7 Å². The van der Waals surface area contributed by atoms with E-state index in [2.05, 4.69) is 5.32 Å². The summed E-state index contributed by atoms with van der Waals surface area (Å²) in [7, 11) is 0. The van der Waals surface area contributed by atoms with E-state index in [0.29, 0.717) is 19.5 Å². The van der Waals surface area contributed by atoms with E-state index in [4.69, 9.17) is 10.2 Å². The van der Waals surface area contributed by atoms with E-state index in [1.165, 1.54) is 0 Å². The number of aliphatic carboxylic acids is 1. The van der Waals surface area contributed by atoms with Crippen LogP contribution in [0.2, 0.25) is 0 Å². The van der Waals surface area contributed by atoms with Crippen molar-refractivity contribution in [2.24, 2.45) is 11.8 Å². The monoisotopic (exact) mass is 300 g/mol. The Labute approximate surface area is 126 Å². The van der Waals surface area contributed by atoms with E-state index < -0.39 is 5.97 Å². The minimum Gasteiger partial charge on any atom is -0.481 e. The molecule has 0 radical (unpaired) electrons. The number of carbonyl (C=O) groups excluding carboxylic acids is 1. The lowest BCUT2D eigenvalue weighted by Gasteiger charge is -2.30. The molecule has 0 heterocycles. The minimum absolute atomic E-state index is 0.0177.